The first kappa shape index (κ1) is 16.7. The number of nitrogens with one attached hydrogen (secondary N) is 1. The van der Waals surface area contributed by atoms with Crippen molar-refractivity contribution in [3.8, 4) is 0 Å². The lowest BCUT2D eigenvalue weighted by molar-refractivity contribution is -0.124. The van der Waals surface area contributed by atoms with Crippen LogP contribution in [0.3, 0.4) is 0 Å². The van der Waals surface area contributed by atoms with Gasteiger partial charge in [0.05, 0.1) is 17.1 Å². The normalized spacial score (nSPS) is 19.1. The minimum absolute atomic E-state index is 0.179. The van der Waals surface area contributed by atoms with Crippen molar-refractivity contribution in [1.82, 2.24) is 19.6 Å². The van der Waals surface area contributed by atoms with Crippen LogP contribution in [0.1, 0.15) is 18.5 Å². The lowest BCUT2D eigenvalue weighted by Crippen LogP contribution is -2.43. The number of carbonyl (C=O) groups excluding carboxylic acids is 1. The van der Waals surface area contributed by atoms with Crippen LogP contribution in [0.5, 0.6) is 0 Å². The monoisotopic (exact) mass is 348 g/mol. The summed E-state index contributed by atoms with van der Waals surface area (Å²) >= 11 is 0. The van der Waals surface area contributed by atoms with Gasteiger partial charge in [-0.1, -0.05) is 0 Å². The van der Waals surface area contributed by atoms with Crippen molar-refractivity contribution >= 4 is 16.9 Å². The number of hydrogen-bond acceptors (Lipinski definition) is 4. The second-order valence-electron chi connectivity index (χ2n) is 5.42. The summed E-state index contributed by atoms with van der Waals surface area (Å²) in [5.41, 5.74) is 0.711. The van der Waals surface area contributed by atoms with Crippen molar-refractivity contribution in [2.24, 2.45) is 0 Å². The number of benzene rings is 1. The van der Waals surface area contributed by atoms with E-state index < -0.39 is 17.0 Å². The van der Waals surface area contributed by atoms with E-state index in [1.54, 1.807) is 16.6 Å². The van der Waals surface area contributed by atoms with Crippen LogP contribution in [-0.4, -0.2) is 37.0 Å². The van der Waals surface area contributed by atoms with Gasteiger partial charge in [-0.3, -0.25) is 4.79 Å². The first-order valence-electron chi connectivity index (χ1n) is 7.62. The highest BCUT2D eigenvalue weighted by atomic mass is 32.2. The molecule has 2 atom stereocenters. The first-order valence-corrected chi connectivity index (χ1v) is 8.72. The maximum absolute atomic E-state index is 13.0. The number of aromatic nitrogens is 2. The van der Waals surface area contributed by atoms with Crippen molar-refractivity contribution in [3.05, 3.63) is 54.4 Å². The summed E-state index contributed by atoms with van der Waals surface area (Å²) in [5.74, 6) is -0.558. The Morgan fingerprint density at radius 2 is 2.12 bits per heavy atom. The number of hydrogen-bond donors (Lipinski definition) is 1. The molecule has 1 saturated heterocycles. The molecule has 2 unspecified atom stereocenters. The summed E-state index contributed by atoms with van der Waals surface area (Å²) in [6, 6.07) is 6.78. The van der Waals surface area contributed by atoms with Crippen LogP contribution < -0.4 is 5.32 Å². The first-order chi connectivity index (χ1) is 11.6. The van der Waals surface area contributed by atoms with Gasteiger partial charge in [0.15, 0.2) is 0 Å². The summed E-state index contributed by atoms with van der Waals surface area (Å²) in [4.78, 5) is 20.8. The minimum atomic E-state index is -1.49. The summed E-state index contributed by atoms with van der Waals surface area (Å²) < 4.78 is 27.3. The van der Waals surface area contributed by atoms with Gasteiger partial charge in [-0.25, -0.2) is 22.9 Å². The van der Waals surface area contributed by atoms with Crippen molar-refractivity contribution in [2.75, 3.05) is 6.54 Å². The van der Waals surface area contributed by atoms with Gasteiger partial charge in [-0.05, 0) is 43.2 Å². The molecule has 3 rings (SSSR count). The maximum Gasteiger partial charge on any atom is 0.238 e. The van der Waals surface area contributed by atoms with Crippen molar-refractivity contribution in [2.45, 2.75) is 30.3 Å². The Morgan fingerprint density at radius 1 is 1.33 bits per heavy atom. The van der Waals surface area contributed by atoms with E-state index in [0.717, 1.165) is 6.42 Å². The molecule has 1 amide bonds. The van der Waals surface area contributed by atoms with Gasteiger partial charge in [0.2, 0.25) is 5.91 Å². The zero-order chi connectivity index (χ0) is 16.9. The van der Waals surface area contributed by atoms with E-state index in [-0.39, 0.29) is 11.7 Å². The lowest BCUT2D eigenvalue weighted by atomic mass is 10.2. The Balaban J connectivity index is 1.65. The SMILES string of the molecule is O=C(NCc1ccncn1)C1CCCN1S(=O)c1ccc(F)cc1. The second-order valence-corrected chi connectivity index (χ2v) is 6.86. The Morgan fingerprint density at radius 3 is 2.83 bits per heavy atom. The van der Waals surface area contributed by atoms with E-state index in [0.29, 0.717) is 30.1 Å². The molecule has 1 aliphatic heterocycles. The van der Waals surface area contributed by atoms with Gasteiger partial charge in [0.25, 0.3) is 0 Å². The zero-order valence-electron chi connectivity index (χ0n) is 12.9. The highest BCUT2D eigenvalue weighted by Crippen LogP contribution is 2.23. The molecule has 8 heteroatoms. The van der Waals surface area contributed by atoms with Crippen LogP contribution in [-0.2, 0) is 22.3 Å². The van der Waals surface area contributed by atoms with Crippen molar-refractivity contribution < 1.29 is 13.4 Å². The number of halogens is 1. The van der Waals surface area contributed by atoms with E-state index in [1.807, 2.05) is 0 Å². The van der Waals surface area contributed by atoms with Crippen molar-refractivity contribution in [3.63, 3.8) is 0 Å². The minimum Gasteiger partial charge on any atom is -0.349 e. The molecular weight excluding hydrogens is 331 g/mol. The Kier molecular flexibility index (Phi) is 5.27. The van der Waals surface area contributed by atoms with Gasteiger partial charge in [-0.15, -0.1) is 0 Å². The highest BCUT2D eigenvalue weighted by molar-refractivity contribution is 7.82. The van der Waals surface area contributed by atoms with Crippen LogP contribution in [0.4, 0.5) is 4.39 Å². The van der Waals surface area contributed by atoms with E-state index in [9.17, 15) is 13.4 Å². The third-order valence-electron chi connectivity index (χ3n) is 3.82. The molecule has 0 bridgehead atoms. The van der Waals surface area contributed by atoms with E-state index in [1.165, 1.54) is 30.6 Å². The average Bonchev–Trinajstić information content (AvgIpc) is 3.10. The number of amides is 1. The molecular formula is C16H17FN4O2S. The predicted octanol–water partition coefficient (Wildman–Crippen LogP) is 1.42. The highest BCUT2D eigenvalue weighted by Gasteiger charge is 2.34. The molecule has 24 heavy (non-hydrogen) atoms. The quantitative estimate of drug-likeness (QED) is 0.887. The lowest BCUT2D eigenvalue weighted by Gasteiger charge is -2.22. The second kappa shape index (κ2) is 7.59. The van der Waals surface area contributed by atoms with Gasteiger partial charge in [0.1, 0.15) is 29.2 Å². The fourth-order valence-corrected chi connectivity index (χ4v) is 3.97. The molecule has 1 aromatic carbocycles. The molecule has 2 heterocycles. The molecule has 2 aromatic rings. The van der Waals surface area contributed by atoms with Gasteiger partial charge in [0, 0.05) is 12.7 Å². The predicted molar refractivity (Wildman–Crippen MR) is 86.4 cm³/mol. The summed E-state index contributed by atoms with van der Waals surface area (Å²) in [6.45, 7) is 0.866. The Bertz CT molecular complexity index is 727. The topological polar surface area (TPSA) is 75.2 Å². The maximum atomic E-state index is 13.0. The zero-order valence-corrected chi connectivity index (χ0v) is 13.7. The summed E-state index contributed by atoms with van der Waals surface area (Å²) in [7, 11) is -1.49. The van der Waals surface area contributed by atoms with E-state index in [4.69, 9.17) is 0 Å². The van der Waals surface area contributed by atoms with E-state index in [2.05, 4.69) is 15.3 Å². The van der Waals surface area contributed by atoms with Gasteiger partial charge < -0.3 is 5.32 Å². The van der Waals surface area contributed by atoms with Gasteiger partial charge in [-0.2, -0.15) is 0 Å². The molecule has 1 aliphatic rings. The summed E-state index contributed by atoms with van der Waals surface area (Å²) in [6.07, 6.45) is 4.47. The van der Waals surface area contributed by atoms with Crippen LogP contribution in [0.25, 0.3) is 0 Å². The Labute approximate surface area is 141 Å². The third kappa shape index (κ3) is 3.82. The third-order valence-corrected chi connectivity index (χ3v) is 5.36. The van der Waals surface area contributed by atoms with Gasteiger partial charge >= 0.3 is 0 Å². The average molecular weight is 348 g/mol. The van der Waals surface area contributed by atoms with Crippen LogP contribution in [0.2, 0.25) is 0 Å². The van der Waals surface area contributed by atoms with Crippen molar-refractivity contribution in [1.29, 1.82) is 0 Å². The number of rotatable bonds is 5. The fraction of sp³-hybridized carbons (Fsp3) is 0.312. The Hall–Kier alpha value is -2.19. The molecule has 0 radical (unpaired) electrons. The van der Waals surface area contributed by atoms with Crippen LogP contribution in [0.15, 0.2) is 47.8 Å². The molecule has 1 N–H and O–H groups in total. The van der Waals surface area contributed by atoms with E-state index >= 15 is 0 Å². The molecule has 6 nitrogen and oxygen atoms in total. The molecule has 0 saturated carbocycles. The molecule has 1 fully saturated rings. The van der Waals surface area contributed by atoms with Crippen LogP contribution in [0, 0.1) is 5.82 Å². The molecule has 0 spiro atoms. The molecule has 126 valence electrons. The molecule has 0 aliphatic carbocycles. The standard InChI is InChI=1S/C16H17FN4O2S/c17-12-3-5-14(6-4-12)24(23)21-9-1-2-15(21)16(22)19-10-13-7-8-18-11-20-13/h3-8,11,15H,1-2,9-10H2,(H,19,22). The summed E-state index contributed by atoms with van der Waals surface area (Å²) in [5, 5.41) is 2.82. The number of nitrogens with zero attached hydrogens (tertiary/aromatic N) is 3. The fourth-order valence-electron chi connectivity index (χ4n) is 2.61. The largest absolute Gasteiger partial charge is 0.349 e. The smallest absolute Gasteiger partial charge is 0.238 e. The molecule has 1 aromatic heterocycles. The van der Waals surface area contributed by atoms with Crippen LogP contribution >= 0.6 is 0 Å². The number of carbonyl (C=O) groups is 1.